The van der Waals surface area contributed by atoms with Crippen molar-refractivity contribution in [2.24, 2.45) is 0 Å². The van der Waals surface area contributed by atoms with Crippen molar-refractivity contribution in [3.8, 4) is 5.75 Å². The molecular weight excluding hydrogens is 278 g/mol. The number of rotatable bonds is 7. The molecule has 0 saturated heterocycles. The van der Waals surface area contributed by atoms with Crippen LogP contribution in [-0.2, 0) is 17.9 Å². The molecule has 0 aliphatic rings. The maximum Gasteiger partial charge on any atom is 0.220 e. The Balaban J connectivity index is 2.11. The summed E-state index contributed by atoms with van der Waals surface area (Å²) in [7, 11) is 1.65. The third-order valence-corrected chi connectivity index (χ3v) is 3.44. The first-order valence-electron chi connectivity index (χ1n) is 7.13. The quantitative estimate of drug-likeness (QED) is 0.738. The number of carbonyl (C=O) groups is 1. The van der Waals surface area contributed by atoms with E-state index in [2.05, 4.69) is 11.6 Å². The zero-order valence-electron chi connectivity index (χ0n) is 13.0. The first-order valence-corrected chi connectivity index (χ1v) is 7.13. The van der Waals surface area contributed by atoms with Gasteiger partial charge in [0, 0.05) is 32.4 Å². The predicted molar refractivity (Wildman–Crippen MR) is 85.6 cm³/mol. The molecule has 0 aliphatic heterocycles. The molecule has 2 aromatic rings. The second-order valence-electron chi connectivity index (χ2n) is 5.01. The van der Waals surface area contributed by atoms with E-state index >= 15 is 0 Å². The molecule has 0 spiro atoms. The second-order valence-corrected chi connectivity index (χ2v) is 5.01. The fourth-order valence-corrected chi connectivity index (χ4v) is 2.19. The molecule has 1 amide bonds. The monoisotopic (exact) mass is 299 g/mol. The first kappa shape index (κ1) is 15.8. The Hall–Kier alpha value is -2.56. The lowest BCUT2D eigenvalue weighted by atomic mass is 10.2. The molecule has 0 atom stereocenters. The number of hydrogen-bond donors (Lipinski definition) is 0. The minimum absolute atomic E-state index is 0.0129. The number of benzene rings is 1. The molecule has 0 radical (unpaired) electrons. The van der Waals surface area contributed by atoms with Crippen molar-refractivity contribution in [1.29, 1.82) is 0 Å². The van der Waals surface area contributed by atoms with E-state index in [-0.39, 0.29) is 5.91 Å². The zero-order valence-corrected chi connectivity index (χ0v) is 13.0. The predicted octanol–water partition coefficient (Wildman–Crippen LogP) is 2.47. The van der Waals surface area contributed by atoms with Gasteiger partial charge in [0.25, 0.3) is 0 Å². The highest BCUT2D eigenvalue weighted by molar-refractivity contribution is 5.73. The van der Waals surface area contributed by atoms with Gasteiger partial charge in [-0.05, 0) is 17.7 Å². The lowest BCUT2D eigenvalue weighted by Gasteiger charge is -2.19. The van der Waals surface area contributed by atoms with Crippen molar-refractivity contribution in [1.82, 2.24) is 14.5 Å². The minimum Gasteiger partial charge on any atom is -0.497 e. The summed E-state index contributed by atoms with van der Waals surface area (Å²) in [6, 6.07) is 7.92. The third-order valence-electron chi connectivity index (χ3n) is 3.44. The molecule has 1 aromatic carbocycles. The van der Waals surface area contributed by atoms with Gasteiger partial charge >= 0.3 is 0 Å². The number of ether oxygens (including phenoxy) is 1. The number of imidazole rings is 1. The van der Waals surface area contributed by atoms with Gasteiger partial charge < -0.3 is 14.2 Å². The van der Waals surface area contributed by atoms with E-state index < -0.39 is 0 Å². The van der Waals surface area contributed by atoms with Crippen LogP contribution in [0.15, 0.2) is 49.3 Å². The van der Waals surface area contributed by atoms with Crippen molar-refractivity contribution in [3.63, 3.8) is 0 Å². The Bertz CT molecular complexity index is 632. The molecule has 0 bridgehead atoms. The highest BCUT2D eigenvalue weighted by Crippen LogP contribution is 2.13. The maximum atomic E-state index is 11.6. The Morgan fingerprint density at radius 1 is 1.41 bits per heavy atom. The summed E-state index contributed by atoms with van der Waals surface area (Å²) in [5, 5.41) is 0. The molecule has 22 heavy (non-hydrogen) atoms. The van der Waals surface area contributed by atoms with E-state index in [0.717, 1.165) is 17.1 Å². The summed E-state index contributed by atoms with van der Waals surface area (Å²) < 4.78 is 7.20. The van der Waals surface area contributed by atoms with Crippen LogP contribution in [0.5, 0.6) is 5.75 Å². The van der Waals surface area contributed by atoms with Crippen molar-refractivity contribution < 1.29 is 9.53 Å². The fourth-order valence-electron chi connectivity index (χ4n) is 2.19. The molecule has 2 rings (SSSR count). The van der Waals surface area contributed by atoms with Crippen LogP contribution < -0.4 is 4.74 Å². The molecular formula is C17H21N3O2. The summed E-state index contributed by atoms with van der Waals surface area (Å²) in [4.78, 5) is 17.7. The smallest absolute Gasteiger partial charge is 0.220 e. The van der Waals surface area contributed by atoms with Gasteiger partial charge in [0.2, 0.25) is 5.91 Å². The highest BCUT2D eigenvalue weighted by Gasteiger charge is 2.11. The third kappa shape index (κ3) is 3.97. The number of methoxy groups -OCH3 is 1. The van der Waals surface area contributed by atoms with E-state index in [1.807, 2.05) is 35.0 Å². The number of amides is 1. The largest absolute Gasteiger partial charge is 0.497 e. The molecule has 5 nitrogen and oxygen atoms in total. The van der Waals surface area contributed by atoms with E-state index in [1.165, 1.54) is 0 Å². The molecule has 0 aliphatic carbocycles. The van der Waals surface area contributed by atoms with E-state index in [4.69, 9.17) is 4.74 Å². The van der Waals surface area contributed by atoms with E-state index in [0.29, 0.717) is 19.6 Å². The van der Waals surface area contributed by atoms with Gasteiger partial charge in [-0.3, -0.25) is 4.79 Å². The van der Waals surface area contributed by atoms with Crippen LogP contribution in [0.1, 0.15) is 18.3 Å². The maximum absolute atomic E-state index is 11.6. The Morgan fingerprint density at radius 2 is 2.14 bits per heavy atom. The van der Waals surface area contributed by atoms with Crippen molar-refractivity contribution in [2.75, 3.05) is 13.7 Å². The van der Waals surface area contributed by atoms with Crippen molar-refractivity contribution >= 4 is 5.91 Å². The van der Waals surface area contributed by atoms with Crippen LogP contribution in [0.25, 0.3) is 0 Å². The average molecular weight is 299 g/mol. The molecule has 5 heteroatoms. The van der Waals surface area contributed by atoms with Gasteiger partial charge in [-0.2, -0.15) is 0 Å². The number of aromatic nitrogens is 2. The number of hydrogen-bond acceptors (Lipinski definition) is 3. The van der Waals surface area contributed by atoms with Crippen LogP contribution in [0.4, 0.5) is 0 Å². The van der Waals surface area contributed by atoms with E-state index in [1.54, 1.807) is 31.2 Å². The topological polar surface area (TPSA) is 47.4 Å². The summed E-state index contributed by atoms with van der Waals surface area (Å²) in [6.45, 7) is 6.94. The van der Waals surface area contributed by atoms with Gasteiger partial charge in [0.15, 0.2) is 0 Å². The van der Waals surface area contributed by atoms with Crippen molar-refractivity contribution in [2.45, 2.75) is 20.0 Å². The summed E-state index contributed by atoms with van der Waals surface area (Å²) in [5.41, 5.74) is 1.15. The lowest BCUT2D eigenvalue weighted by molar-refractivity contribution is -0.129. The number of nitrogens with zero attached hydrogens (tertiary/aromatic N) is 3. The molecule has 0 fully saturated rings. The average Bonchev–Trinajstić information content (AvgIpc) is 2.94. The van der Waals surface area contributed by atoms with Gasteiger partial charge in [-0.25, -0.2) is 4.98 Å². The summed E-state index contributed by atoms with van der Waals surface area (Å²) in [6.07, 6.45) is 5.40. The minimum atomic E-state index is 0.0129. The second kappa shape index (κ2) is 7.45. The Labute approximate surface area is 130 Å². The van der Waals surface area contributed by atoms with Gasteiger partial charge in [-0.15, -0.1) is 6.58 Å². The van der Waals surface area contributed by atoms with E-state index in [9.17, 15) is 4.79 Å². The number of carbonyl (C=O) groups excluding carboxylic acids is 1. The molecule has 0 saturated carbocycles. The van der Waals surface area contributed by atoms with Gasteiger partial charge in [0.1, 0.15) is 11.6 Å². The first-order chi connectivity index (χ1) is 10.6. The highest BCUT2D eigenvalue weighted by atomic mass is 16.5. The van der Waals surface area contributed by atoms with Gasteiger partial charge in [-0.1, -0.05) is 18.2 Å². The molecule has 1 aromatic heterocycles. The standard InChI is InChI=1S/C17H21N3O2/c1-4-10-19(14(2)21)13-17-18-9-11-20(17)12-15-5-7-16(22-3)8-6-15/h4-9,11H,1,10,12-13H2,2-3H3. The van der Waals surface area contributed by atoms with Crippen LogP contribution in [0, 0.1) is 0 Å². The summed E-state index contributed by atoms with van der Waals surface area (Å²) >= 11 is 0. The normalized spacial score (nSPS) is 10.3. The lowest BCUT2D eigenvalue weighted by Crippen LogP contribution is -2.29. The Morgan fingerprint density at radius 3 is 2.73 bits per heavy atom. The van der Waals surface area contributed by atoms with Gasteiger partial charge in [0.05, 0.1) is 13.7 Å². The van der Waals surface area contributed by atoms with Crippen LogP contribution in [-0.4, -0.2) is 34.0 Å². The Kier molecular flexibility index (Phi) is 5.36. The van der Waals surface area contributed by atoms with Crippen molar-refractivity contribution in [3.05, 3.63) is 60.7 Å². The fraction of sp³-hybridized carbons (Fsp3) is 0.294. The summed E-state index contributed by atoms with van der Waals surface area (Å²) in [5.74, 6) is 1.70. The SMILES string of the molecule is C=CCN(Cc1nccn1Cc1ccc(OC)cc1)C(C)=O. The zero-order chi connectivity index (χ0) is 15.9. The molecule has 1 heterocycles. The molecule has 116 valence electrons. The van der Waals surface area contributed by atoms with Crippen LogP contribution in [0.2, 0.25) is 0 Å². The molecule has 0 N–H and O–H groups in total. The van der Waals surface area contributed by atoms with Crippen LogP contribution in [0.3, 0.4) is 0 Å². The van der Waals surface area contributed by atoms with Crippen LogP contribution >= 0.6 is 0 Å². The molecule has 0 unspecified atom stereocenters.